The molecule has 0 amide bonds. The lowest BCUT2D eigenvalue weighted by atomic mass is 9.94. The van der Waals surface area contributed by atoms with E-state index in [0.29, 0.717) is 12.6 Å². The number of carbonyl (C=O) groups is 1. The van der Waals surface area contributed by atoms with E-state index in [1.54, 1.807) is 12.4 Å². The molecular formula is C23H27N3O4. The van der Waals surface area contributed by atoms with E-state index in [4.69, 9.17) is 14.3 Å². The molecule has 0 saturated carbocycles. The van der Waals surface area contributed by atoms with Gasteiger partial charge in [-0.2, -0.15) is 0 Å². The third-order valence-electron chi connectivity index (χ3n) is 4.50. The van der Waals surface area contributed by atoms with Crippen molar-refractivity contribution in [3.8, 4) is 11.3 Å². The number of hydrogen-bond donors (Lipinski definition) is 2. The number of anilines is 2. The Bertz CT molecular complexity index is 957. The number of rotatable bonds is 9. The summed E-state index contributed by atoms with van der Waals surface area (Å²) in [5, 5.41) is 11.7. The molecule has 30 heavy (non-hydrogen) atoms. The molecule has 0 aliphatic carbocycles. The SMILES string of the molecule is CC(C)(C)c1cnc(Nc2ccc(-c3ccc(CCOCCC(=O)O)cc3)nc2)o1. The molecule has 2 N–H and O–H groups in total. The molecule has 3 rings (SSSR count). The Labute approximate surface area is 176 Å². The zero-order valence-corrected chi connectivity index (χ0v) is 17.5. The van der Waals surface area contributed by atoms with E-state index in [9.17, 15) is 4.79 Å². The molecular weight excluding hydrogens is 382 g/mol. The van der Waals surface area contributed by atoms with Crippen LogP contribution in [0.2, 0.25) is 0 Å². The molecule has 0 radical (unpaired) electrons. The summed E-state index contributed by atoms with van der Waals surface area (Å²) in [6.07, 6.45) is 4.26. The summed E-state index contributed by atoms with van der Waals surface area (Å²) >= 11 is 0. The number of carboxylic acids is 1. The summed E-state index contributed by atoms with van der Waals surface area (Å²) in [5.41, 5.74) is 3.73. The number of benzene rings is 1. The van der Waals surface area contributed by atoms with Crippen LogP contribution in [-0.4, -0.2) is 34.3 Å². The van der Waals surface area contributed by atoms with Crippen LogP contribution in [0.15, 0.2) is 53.2 Å². The van der Waals surface area contributed by atoms with E-state index in [1.165, 1.54) is 0 Å². The number of ether oxygens (including phenoxy) is 1. The van der Waals surface area contributed by atoms with Gasteiger partial charge in [0.25, 0.3) is 6.01 Å². The molecule has 2 aromatic heterocycles. The molecule has 0 unspecified atom stereocenters. The van der Waals surface area contributed by atoms with Crippen molar-refractivity contribution in [2.45, 2.75) is 39.0 Å². The van der Waals surface area contributed by atoms with E-state index in [2.05, 4.69) is 36.1 Å². The van der Waals surface area contributed by atoms with E-state index >= 15 is 0 Å². The van der Waals surface area contributed by atoms with Crippen LogP contribution in [0.3, 0.4) is 0 Å². The quantitative estimate of drug-likeness (QED) is 0.489. The Morgan fingerprint density at radius 3 is 2.43 bits per heavy atom. The predicted molar refractivity (Wildman–Crippen MR) is 115 cm³/mol. The van der Waals surface area contributed by atoms with E-state index in [-0.39, 0.29) is 18.4 Å². The van der Waals surface area contributed by atoms with Gasteiger partial charge in [-0.25, -0.2) is 4.98 Å². The lowest BCUT2D eigenvalue weighted by Gasteiger charge is -2.13. The number of pyridine rings is 1. The molecule has 7 heteroatoms. The van der Waals surface area contributed by atoms with Crippen molar-refractivity contribution in [3.05, 3.63) is 60.1 Å². The Kier molecular flexibility index (Phi) is 6.84. The summed E-state index contributed by atoms with van der Waals surface area (Å²) in [5.74, 6) is -0.0230. The second kappa shape index (κ2) is 9.54. The summed E-state index contributed by atoms with van der Waals surface area (Å²) < 4.78 is 11.1. The molecule has 0 bridgehead atoms. The second-order valence-electron chi connectivity index (χ2n) is 8.04. The first-order valence-corrected chi connectivity index (χ1v) is 9.89. The van der Waals surface area contributed by atoms with Crippen molar-refractivity contribution < 1.29 is 19.1 Å². The van der Waals surface area contributed by atoms with Crippen LogP contribution < -0.4 is 5.32 Å². The van der Waals surface area contributed by atoms with Crippen LogP contribution in [0.4, 0.5) is 11.7 Å². The van der Waals surface area contributed by atoms with Crippen LogP contribution in [0.25, 0.3) is 11.3 Å². The number of oxazole rings is 1. The standard InChI is InChI=1S/C23H27N3O4/c1-23(2,3)20-15-25-22(30-20)26-18-8-9-19(24-14-18)17-6-4-16(5-7-17)10-12-29-13-11-21(27)28/h4-9,14-15H,10-13H2,1-3H3,(H,25,26)(H,27,28). The maximum Gasteiger partial charge on any atom is 0.305 e. The number of hydrogen-bond acceptors (Lipinski definition) is 6. The average Bonchev–Trinajstić information content (AvgIpc) is 3.18. The van der Waals surface area contributed by atoms with Crippen molar-refractivity contribution >= 4 is 17.7 Å². The van der Waals surface area contributed by atoms with Crippen LogP contribution in [0, 0.1) is 0 Å². The van der Waals surface area contributed by atoms with Gasteiger partial charge in [0, 0.05) is 11.0 Å². The third kappa shape index (κ3) is 6.15. The van der Waals surface area contributed by atoms with E-state index in [0.717, 1.165) is 34.7 Å². The smallest absolute Gasteiger partial charge is 0.305 e. The van der Waals surface area contributed by atoms with Gasteiger partial charge < -0.3 is 19.6 Å². The molecule has 3 aromatic rings. The van der Waals surface area contributed by atoms with Gasteiger partial charge in [0.1, 0.15) is 5.76 Å². The number of aliphatic carboxylic acids is 1. The monoisotopic (exact) mass is 409 g/mol. The molecule has 0 spiro atoms. The first kappa shape index (κ1) is 21.5. The molecule has 0 aliphatic heterocycles. The third-order valence-corrected chi connectivity index (χ3v) is 4.50. The second-order valence-corrected chi connectivity index (χ2v) is 8.04. The van der Waals surface area contributed by atoms with Crippen LogP contribution in [-0.2, 0) is 21.4 Å². The molecule has 1 aromatic carbocycles. The fourth-order valence-electron chi connectivity index (χ4n) is 2.73. The van der Waals surface area contributed by atoms with Crippen LogP contribution in [0.1, 0.15) is 38.5 Å². The molecule has 0 saturated heterocycles. The Hall–Kier alpha value is -3.19. The van der Waals surface area contributed by atoms with Gasteiger partial charge in [0.15, 0.2) is 0 Å². The van der Waals surface area contributed by atoms with Crippen molar-refractivity contribution in [3.63, 3.8) is 0 Å². The van der Waals surface area contributed by atoms with Gasteiger partial charge in [-0.05, 0) is 24.1 Å². The molecule has 0 aliphatic rings. The minimum atomic E-state index is -0.844. The maximum atomic E-state index is 10.5. The van der Waals surface area contributed by atoms with Crippen molar-refractivity contribution in [2.75, 3.05) is 18.5 Å². The Balaban J connectivity index is 1.54. The summed E-state index contributed by atoms with van der Waals surface area (Å²) in [6.45, 7) is 6.97. The van der Waals surface area contributed by atoms with E-state index in [1.807, 2.05) is 36.4 Å². The van der Waals surface area contributed by atoms with Crippen molar-refractivity contribution in [1.29, 1.82) is 0 Å². The molecule has 7 nitrogen and oxygen atoms in total. The van der Waals surface area contributed by atoms with Crippen LogP contribution >= 0.6 is 0 Å². The Morgan fingerprint density at radius 2 is 1.83 bits per heavy atom. The van der Waals surface area contributed by atoms with Gasteiger partial charge in [-0.3, -0.25) is 9.78 Å². The topological polar surface area (TPSA) is 97.5 Å². The normalized spacial score (nSPS) is 11.4. The molecule has 2 heterocycles. The average molecular weight is 409 g/mol. The van der Waals surface area contributed by atoms with Crippen LogP contribution in [0.5, 0.6) is 0 Å². The number of nitrogens with zero attached hydrogens (tertiary/aromatic N) is 2. The van der Waals surface area contributed by atoms with Gasteiger partial charge >= 0.3 is 5.97 Å². The summed E-state index contributed by atoms with van der Waals surface area (Å²) in [4.78, 5) is 19.2. The first-order valence-electron chi connectivity index (χ1n) is 9.89. The fraction of sp³-hybridized carbons (Fsp3) is 0.348. The molecule has 0 fully saturated rings. The number of aromatic nitrogens is 2. The largest absolute Gasteiger partial charge is 0.481 e. The highest BCUT2D eigenvalue weighted by atomic mass is 16.5. The zero-order valence-electron chi connectivity index (χ0n) is 17.5. The van der Waals surface area contributed by atoms with Gasteiger partial charge in [-0.15, -0.1) is 0 Å². The van der Waals surface area contributed by atoms with Gasteiger partial charge in [0.05, 0.1) is 43.4 Å². The lowest BCUT2D eigenvalue weighted by Crippen LogP contribution is -2.09. The predicted octanol–water partition coefficient (Wildman–Crippen LogP) is 4.81. The molecule has 0 atom stereocenters. The van der Waals surface area contributed by atoms with Crippen molar-refractivity contribution in [1.82, 2.24) is 9.97 Å². The first-order chi connectivity index (χ1) is 14.3. The van der Waals surface area contributed by atoms with E-state index < -0.39 is 5.97 Å². The van der Waals surface area contributed by atoms with Crippen molar-refractivity contribution in [2.24, 2.45) is 0 Å². The fourth-order valence-corrected chi connectivity index (χ4v) is 2.73. The number of carboxylic acid groups (broad SMARTS) is 1. The minimum absolute atomic E-state index is 0.0309. The van der Waals surface area contributed by atoms with Gasteiger partial charge in [0.2, 0.25) is 0 Å². The summed E-state index contributed by atoms with van der Waals surface area (Å²) in [6, 6.07) is 12.4. The Morgan fingerprint density at radius 1 is 1.07 bits per heavy atom. The zero-order chi connectivity index (χ0) is 21.6. The molecule has 158 valence electrons. The van der Waals surface area contributed by atoms with Gasteiger partial charge in [-0.1, -0.05) is 45.0 Å². The highest BCUT2D eigenvalue weighted by molar-refractivity contribution is 5.66. The number of nitrogens with one attached hydrogen (secondary N) is 1. The lowest BCUT2D eigenvalue weighted by molar-refractivity contribution is -0.138. The summed E-state index contributed by atoms with van der Waals surface area (Å²) in [7, 11) is 0. The maximum absolute atomic E-state index is 10.5. The minimum Gasteiger partial charge on any atom is -0.481 e. The highest BCUT2D eigenvalue weighted by Crippen LogP contribution is 2.26. The highest BCUT2D eigenvalue weighted by Gasteiger charge is 2.19.